The SMILES string of the molecule is CC(C)(C)c1ccc(-c2cc(C(C)(C)C)ccc2N2c3cc4c(cc3B3c5sc6ccc(C(C)(C)C)cc6c5N(c5ccc(C(C)(C)C)cc5)c5cc(C(C)(C)C)cc2c53)C(C)(C)CC4(C)C)cc1. The van der Waals surface area contributed by atoms with Crippen LogP contribution in [0.1, 0.15) is 177 Å². The zero-order valence-electron chi connectivity index (χ0n) is 45.5. The second-order valence-corrected chi connectivity index (χ2v) is 28.6. The maximum atomic E-state index is 2.72. The van der Waals surface area contributed by atoms with Crippen molar-refractivity contribution in [3.8, 4) is 11.1 Å². The number of anilines is 6. The lowest BCUT2D eigenvalue weighted by atomic mass is 9.35. The highest BCUT2D eigenvalue weighted by atomic mass is 32.1. The fraction of sp³-hybridized carbons (Fsp3) is 0.415. The van der Waals surface area contributed by atoms with Crippen molar-refractivity contribution in [2.45, 2.75) is 176 Å². The van der Waals surface area contributed by atoms with Gasteiger partial charge in [0.15, 0.2) is 0 Å². The second kappa shape index (κ2) is 15.2. The van der Waals surface area contributed by atoms with Crippen molar-refractivity contribution in [1.82, 2.24) is 0 Å². The lowest BCUT2D eigenvalue weighted by Crippen LogP contribution is -2.60. The molecular weight excluding hydrogens is 852 g/mol. The summed E-state index contributed by atoms with van der Waals surface area (Å²) in [4.78, 5) is 5.40. The molecule has 0 saturated carbocycles. The van der Waals surface area contributed by atoms with Crippen molar-refractivity contribution < 1.29 is 0 Å². The summed E-state index contributed by atoms with van der Waals surface area (Å²) in [6.07, 6.45) is 1.11. The van der Waals surface area contributed by atoms with Gasteiger partial charge in [-0.05, 0) is 154 Å². The molecular formula is C65H77BN2S. The van der Waals surface area contributed by atoms with Crippen molar-refractivity contribution in [1.29, 1.82) is 0 Å². The van der Waals surface area contributed by atoms with Crippen molar-refractivity contribution >= 4 is 78.0 Å². The van der Waals surface area contributed by atoms with Crippen LogP contribution in [0, 0.1) is 0 Å². The number of hydrogen-bond donors (Lipinski definition) is 0. The highest BCUT2D eigenvalue weighted by Gasteiger charge is 2.50. The molecule has 0 radical (unpaired) electrons. The number of benzene rings is 6. The Balaban J connectivity index is 1.37. The lowest BCUT2D eigenvalue weighted by Gasteiger charge is -2.45. The lowest BCUT2D eigenvalue weighted by molar-refractivity contribution is 0.403. The summed E-state index contributed by atoms with van der Waals surface area (Å²) < 4.78 is 2.78. The Morgan fingerprint density at radius 1 is 0.449 bits per heavy atom. The van der Waals surface area contributed by atoms with Gasteiger partial charge in [-0.25, -0.2) is 0 Å². The maximum Gasteiger partial charge on any atom is 0.264 e. The average Bonchev–Trinajstić information content (AvgIpc) is 3.70. The van der Waals surface area contributed by atoms with Gasteiger partial charge in [-0.2, -0.15) is 0 Å². The van der Waals surface area contributed by atoms with Crippen LogP contribution >= 0.6 is 11.3 Å². The zero-order chi connectivity index (χ0) is 49.9. The van der Waals surface area contributed by atoms with E-state index in [0.717, 1.165) is 6.42 Å². The summed E-state index contributed by atoms with van der Waals surface area (Å²) in [5.74, 6) is 0. The molecule has 1 aliphatic carbocycles. The van der Waals surface area contributed by atoms with E-state index in [4.69, 9.17) is 0 Å². The topological polar surface area (TPSA) is 6.48 Å². The first-order chi connectivity index (χ1) is 31.8. The number of nitrogens with zero attached hydrogens (tertiary/aromatic N) is 2. The fourth-order valence-corrected chi connectivity index (χ4v) is 13.4. The summed E-state index contributed by atoms with van der Waals surface area (Å²) in [7, 11) is 0. The van der Waals surface area contributed by atoms with Crippen molar-refractivity contribution in [2.75, 3.05) is 9.80 Å². The molecule has 356 valence electrons. The minimum atomic E-state index is -0.128. The first kappa shape index (κ1) is 47.6. The molecule has 0 N–H and O–H groups in total. The van der Waals surface area contributed by atoms with Gasteiger partial charge in [-0.3, -0.25) is 0 Å². The van der Waals surface area contributed by atoms with E-state index >= 15 is 0 Å². The molecule has 0 bridgehead atoms. The van der Waals surface area contributed by atoms with E-state index in [1.807, 2.05) is 11.3 Å². The monoisotopic (exact) mass is 929 g/mol. The van der Waals surface area contributed by atoms with Crippen LogP contribution < -0.4 is 25.5 Å². The second-order valence-electron chi connectivity index (χ2n) is 27.6. The number of hydrogen-bond acceptors (Lipinski definition) is 3. The van der Waals surface area contributed by atoms with Gasteiger partial charge in [-0.15, -0.1) is 11.3 Å². The maximum absolute atomic E-state index is 2.72. The third-order valence-corrected chi connectivity index (χ3v) is 17.3. The van der Waals surface area contributed by atoms with E-state index in [1.165, 1.54) is 110 Å². The first-order valence-electron chi connectivity index (χ1n) is 25.8. The van der Waals surface area contributed by atoms with Gasteiger partial charge in [0.25, 0.3) is 6.71 Å². The van der Waals surface area contributed by atoms with Crippen LogP contribution in [0.15, 0.2) is 109 Å². The van der Waals surface area contributed by atoms with Crippen LogP contribution in [-0.2, 0) is 37.9 Å². The fourth-order valence-electron chi connectivity index (χ4n) is 12.1. The molecule has 10 rings (SSSR count). The molecule has 0 unspecified atom stereocenters. The molecule has 2 nitrogen and oxygen atoms in total. The van der Waals surface area contributed by atoms with E-state index in [-0.39, 0.29) is 44.6 Å². The Morgan fingerprint density at radius 2 is 0.928 bits per heavy atom. The van der Waals surface area contributed by atoms with Crippen LogP contribution in [0.3, 0.4) is 0 Å². The standard InChI is InChI=1S/C65H77BN2S/c1-59(2,3)40-22-20-39(21-23-40)46-32-42(61(7,8)9)26-30-51(46)68-52-37-49-48(64(16,17)38-65(49,18)19)36-50(52)66-56-53(34-44(35-54(56)68)63(13,14)15)67(45-28-24-41(25-29-45)60(4,5)6)57-47-33-43(62(10,11)12)27-31-55(47)69-58(57)66/h20-37H,38H2,1-19H3. The highest BCUT2D eigenvalue weighted by Crippen LogP contribution is 2.55. The van der Waals surface area contributed by atoms with Gasteiger partial charge < -0.3 is 9.80 Å². The smallest absolute Gasteiger partial charge is 0.264 e. The minimum absolute atomic E-state index is 0.00549. The molecule has 0 atom stereocenters. The minimum Gasteiger partial charge on any atom is -0.311 e. The van der Waals surface area contributed by atoms with Crippen LogP contribution in [0.4, 0.5) is 34.1 Å². The largest absolute Gasteiger partial charge is 0.311 e. The van der Waals surface area contributed by atoms with Gasteiger partial charge in [-0.1, -0.05) is 186 Å². The Labute approximate surface area is 420 Å². The summed E-state index contributed by atoms with van der Waals surface area (Å²) in [6, 6.07) is 44.2. The highest BCUT2D eigenvalue weighted by molar-refractivity contribution is 7.33. The Kier molecular flexibility index (Phi) is 10.5. The normalized spacial score (nSPS) is 16.4. The van der Waals surface area contributed by atoms with Gasteiger partial charge in [0.05, 0.1) is 11.4 Å². The molecule has 3 aliphatic rings. The van der Waals surface area contributed by atoms with Crippen molar-refractivity contribution in [2.24, 2.45) is 0 Å². The summed E-state index contributed by atoms with van der Waals surface area (Å²) >= 11 is 2.01. The molecule has 0 fully saturated rings. The zero-order valence-corrected chi connectivity index (χ0v) is 46.3. The van der Waals surface area contributed by atoms with Crippen LogP contribution in [0.25, 0.3) is 21.2 Å². The molecule has 7 aromatic rings. The molecule has 0 saturated heterocycles. The van der Waals surface area contributed by atoms with Crippen LogP contribution in [0.2, 0.25) is 0 Å². The quantitative estimate of drug-likeness (QED) is 0.163. The summed E-state index contributed by atoms with van der Waals surface area (Å²) in [5, 5.41) is 1.35. The Hall–Kier alpha value is -5.06. The number of thiophene rings is 1. The first-order valence-corrected chi connectivity index (χ1v) is 26.6. The molecule has 3 heterocycles. The predicted molar refractivity (Wildman–Crippen MR) is 305 cm³/mol. The molecule has 2 aliphatic heterocycles. The number of fused-ring (bicyclic) bond motifs is 7. The van der Waals surface area contributed by atoms with Gasteiger partial charge in [0.2, 0.25) is 0 Å². The third-order valence-electron chi connectivity index (χ3n) is 16.0. The van der Waals surface area contributed by atoms with Crippen LogP contribution in [0.5, 0.6) is 0 Å². The van der Waals surface area contributed by atoms with Crippen molar-refractivity contribution in [3.63, 3.8) is 0 Å². The molecule has 0 spiro atoms. The third kappa shape index (κ3) is 7.82. The molecule has 6 aromatic carbocycles. The molecule has 1 aromatic heterocycles. The van der Waals surface area contributed by atoms with Gasteiger partial charge >= 0.3 is 0 Å². The van der Waals surface area contributed by atoms with Gasteiger partial charge in [0, 0.05) is 43.2 Å². The van der Waals surface area contributed by atoms with E-state index < -0.39 is 0 Å². The van der Waals surface area contributed by atoms with E-state index in [0.29, 0.717) is 0 Å². The van der Waals surface area contributed by atoms with E-state index in [1.54, 1.807) is 0 Å². The molecule has 4 heteroatoms. The van der Waals surface area contributed by atoms with E-state index in [2.05, 4.69) is 251 Å². The molecule has 69 heavy (non-hydrogen) atoms. The van der Waals surface area contributed by atoms with Gasteiger partial charge in [0.1, 0.15) is 0 Å². The Bertz CT molecular complexity index is 3200. The number of rotatable bonds is 3. The molecule has 0 amide bonds. The Morgan fingerprint density at radius 3 is 1.48 bits per heavy atom. The predicted octanol–water partition coefficient (Wildman–Crippen LogP) is 17.1. The summed E-state index contributed by atoms with van der Waals surface area (Å²) in [6.45, 7) is 45.1. The van der Waals surface area contributed by atoms with Crippen molar-refractivity contribution in [3.05, 3.63) is 148 Å². The van der Waals surface area contributed by atoms with E-state index in [9.17, 15) is 0 Å². The van der Waals surface area contributed by atoms with Crippen LogP contribution in [-0.4, -0.2) is 6.71 Å². The average molecular weight is 929 g/mol. The summed E-state index contributed by atoms with van der Waals surface area (Å²) in [5.41, 5.74) is 22.7.